The zero-order chi connectivity index (χ0) is 17.6. The molecule has 126 valence electrons. The molecule has 8 nitrogen and oxygen atoms in total. The third-order valence-electron chi connectivity index (χ3n) is 3.39. The fourth-order valence-corrected chi connectivity index (χ4v) is 2.18. The SMILES string of the molecule is COC(=O)[C@@H](OC(=O)c1cccc(-n2cncn2)c1)c1cccnc1. The number of methoxy groups -OCH3 is 1. The van der Waals surface area contributed by atoms with Crippen LogP contribution in [0.5, 0.6) is 0 Å². The van der Waals surface area contributed by atoms with E-state index in [0.717, 1.165) is 0 Å². The van der Waals surface area contributed by atoms with Crippen LogP contribution < -0.4 is 0 Å². The number of nitrogens with zero attached hydrogens (tertiary/aromatic N) is 4. The molecule has 0 saturated carbocycles. The molecule has 0 N–H and O–H groups in total. The number of hydrogen-bond acceptors (Lipinski definition) is 7. The molecule has 3 rings (SSSR count). The van der Waals surface area contributed by atoms with Gasteiger partial charge in [0.25, 0.3) is 0 Å². The quantitative estimate of drug-likeness (QED) is 0.654. The molecular formula is C17H14N4O4. The van der Waals surface area contributed by atoms with Gasteiger partial charge >= 0.3 is 11.9 Å². The molecule has 2 aromatic heterocycles. The van der Waals surface area contributed by atoms with Crippen molar-refractivity contribution in [2.75, 3.05) is 7.11 Å². The van der Waals surface area contributed by atoms with Crippen LogP contribution in [0.25, 0.3) is 5.69 Å². The van der Waals surface area contributed by atoms with Crippen molar-refractivity contribution in [3.05, 3.63) is 72.6 Å². The molecule has 0 unspecified atom stereocenters. The maximum Gasteiger partial charge on any atom is 0.352 e. The number of carbonyl (C=O) groups is 2. The second kappa shape index (κ2) is 7.35. The summed E-state index contributed by atoms with van der Waals surface area (Å²) in [6.07, 6.45) is 4.71. The highest BCUT2D eigenvalue weighted by Crippen LogP contribution is 2.20. The third-order valence-corrected chi connectivity index (χ3v) is 3.39. The Morgan fingerprint density at radius 1 is 1.16 bits per heavy atom. The minimum Gasteiger partial charge on any atom is -0.466 e. The molecule has 8 heteroatoms. The highest BCUT2D eigenvalue weighted by atomic mass is 16.6. The highest BCUT2D eigenvalue weighted by Gasteiger charge is 2.26. The van der Waals surface area contributed by atoms with Crippen LogP contribution in [-0.2, 0) is 14.3 Å². The van der Waals surface area contributed by atoms with Gasteiger partial charge in [0, 0.05) is 18.0 Å². The lowest BCUT2D eigenvalue weighted by atomic mass is 10.1. The molecule has 1 aromatic carbocycles. The molecule has 0 saturated heterocycles. The minimum absolute atomic E-state index is 0.269. The molecule has 0 spiro atoms. The monoisotopic (exact) mass is 338 g/mol. The summed E-state index contributed by atoms with van der Waals surface area (Å²) in [5.74, 6) is -1.35. The molecule has 0 fully saturated rings. The standard InChI is InChI=1S/C17H14N4O4/c1-24-17(23)15(13-5-3-7-18-9-13)25-16(22)12-4-2-6-14(8-12)21-11-19-10-20-21/h2-11,15H,1H3/t15-/m0/s1. The molecule has 0 radical (unpaired) electrons. The Hall–Kier alpha value is -3.55. The van der Waals surface area contributed by atoms with E-state index in [9.17, 15) is 9.59 Å². The summed E-state index contributed by atoms with van der Waals surface area (Å²) in [7, 11) is 1.23. The number of carbonyl (C=O) groups excluding carboxylic acids is 2. The van der Waals surface area contributed by atoms with Gasteiger partial charge in [-0.25, -0.2) is 19.3 Å². The second-order valence-corrected chi connectivity index (χ2v) is 4.99. The van der Waals surface area contributed by atoms with Crippen molar-refractivity contribution < 1.29 is 19.1 Å². The molecule has 0 aliphatic heterocycles. The van der Waals surface area contributed by atoms with E-state index in [1.165, 1.54) is 30.6 Å². The van der Waals surface area contributed by atoms with Crippen LogP contribution in [0.4, 0.5) is 0 Å². The molecule has 0 bridgehead atoms. The van der Waals surface area contributed by atoms with Gasteiger partial charge < -0.3 is 9.47 Å². The van der Waals surface area contributed by atoms with E-state index < -0.39 is 18.0 Å². The summed E-state index contributed by atoms with van der Waals surface area (Å²) in [6, 6.07) is 9.91. The first-order valence-electron chi connectivity index (χ1n) is 7.33. The van der Waals surface area contributed by atoms with Crippen LogP contribution >= 0.6 is 0 Å². The first kappa shape index (κ1) is 16.3. The first-order chi connectivity index (χ1) is 12.2. The number of hydrogen-bond donors (Lipinski definition) is 0. The van der Waals surface area contributed by atoms with Crippen molar-refractivity contribution in [3.8, 4) is 5.69 Å². The Kier molecular flexibility index (Phi) is 4.79. The van der Waals surface area contributed by atoms with Crippen LogP contribution in [0.15, 0.2) is 61.4 Å². The van der Waals surface area contributed by atoms with E-state index in [2.05, 4.69) is 15.1 Å². The van der Waals surface area contributed by atoms with Gasteiger partial charge in [-0.15, -0.1) is 0 Å². The van der Waals surface area contributed by atoms with Crippen molar-refractivity contribution in [1.82, 2.24) is 19.7 Å². The van der Waals surface area contributed by atoms with Crippen molar-refractivity contribution in [3.63, 3.8) is 0 Å². The van der Waals surface area contributed by atoms with Crippen LogP contribution in [-0.4, -0.2) is 38.8 Å². The van der Waals surface area contributed by atoms with E-state index in [1.807, 2.05) is 0 Å². The maximum atomic E-state index is 12.5. The van der Waals surface area contributed by atoms with Gasteiger partial charge in [0.1, 0.15) is 12.7 Å². The van der Waals surface area contributed by atoms with Crippen molar-refractivity contribution in [2.45, 2.75) is 6.10 Å². The van der Waals surface area contributed by atoms with E-state index >= 15 is 0 Å². The van der Waals surface area contributed by atoms with Gasteiger partial charge in [-0.05, 0) is 24.3 Å². The molecule has 0 amide bonds. The number of esters is 2. The van der Waals surface area contributed by atoms with Gasteiger partial charge in [0.2, 0.25) is 6.10 Å². The lowest BCUT2D eigenvalue weighted by Gasteiger charge is -2.16. The topological polar surface area (TPSA) is 96.2 Å². The third kappa shape index (κ3) is 3.69. The number of benzene rings is 1. The molecule has 0 aliphatic carbocycles. The molecule has 25 heavy (non-hydrogen) atoms. The fourth-order valence-electron chi connectivity index (χ4n) is 2.18. The largest absolute Gasteiger partial charge is 0.466 e. The van der Waals surface area contributed by atoms with E-state index in [4.69, 9.17) is 9.47 Å². The van der Waals surface area contributed by atoms with E-state index in [0.29, 0.717) is 11.3 Å². The number of aromatic nitrogens is 4. The van der Waals surface area contributed by atoms with Gasteiger partial charge in [-0.1, -0.05) is 12.1 Å². The summed E-state index contributed by atoms with van der Waals surface area (Å²) < 4.78 is 11.6. The first-order valence-corrected chi connectivity index (χ1v) is 7.33. The zero-order valence-electron chi connectivity index (χ0n) is 13.3. The van der Waals surface area contributed by atoms with Crippen molar-refractivity contribution >= 4 is 11.9 Å². The average molecular weight is 338 g/mol. The lowest BCUT2D eigenvalue weighted by Crippen LogP contribution is -2.21. The van der Waals surface area contributed by atoms with Crippen molar-refractivity contribution in [1.29, 1.82) is 0 Å². The molecule has 1 atom stereocenters. The predicted octanol–water partition coefficient (Wildman–Crippen LogP) is 1.73. The number of pyridine rings is 1. The second-order valence-electron chi connectivity index (χ2n) is 4.99. The average Bonchev–Trinajstić information content (AvgIpc) is 3.21. The molecule has 0 aliphatic rings. The summed E-state index contributed by atoms with van der Waals surface area (Å²) in [5.41, 5.74) is 1.34. The number of rotatable bonds is 5. The van der Waals surface area contributed by atoms with Crippen LogP contribution in [0, 0.1) is 0 Å². The van der Waals surface area contributed by atoms with Gasteiger partial charge in [-0.3, -0.25) is 4.98 Å². The zero-order valence-corrected chi connectivity index (χ0v) is 13.3. The Morgan fingerprint density at radius 2 is 2.04 bits per heavy atom. The summed E-state index contributed by atoms with van der Waals surface area (Å²) in [5, 5.41) is 4.01. The van der Waals surface area contributed by atoms with Gasteiger partial charge in [0.05, 0.1) is 18.4 Å². The fraction of sp³-hybridized carbons (Fsp3) is 0.118. The minimum atomic E-state index is -1.19. The van der Waals surface area contributed by atoms with Crippen LogP contribution in [0.1, 0.15) is 22.0 Å². The van der Waals surface area contributed by atoms with Gasteiger partial charge in [-0.2, -0.15) is 5.10 Å². The van der Waals surface area contributed by atoms with E-state index in [-0.39, 0.29) is 5.56 Å². The Balaban J connectivity index is 1.85. The molecular weight excluding hydrogens is 324 g/mol. The predicted molar refractivity (Wildman–Crippen MR) is 85.8 cm³/mol. The highest BCUT2D eigenvalue weighted by molar-refractivity contribution is 5.92. The molecule has 2 heterocycles. The number of ether oxygens (including phenoxy) is 2. The molecule has 3 aromatic rings. The Morgan fingerprint density at radius 3 is 2.72 bits per heavy atom. The lowest BCUT2D eigenvalue weighted by molar-refractivity contribution is -0.151. The maximum absolute atomic E-state index is 12.5. The summed E-state index contributed by atoms with van der Waals surface area (Å²) in [4.78, 5) is 32.3. The van der Waals surface area contributed by atoms with Crippen LogP contribution in [0.3, 0.4) is 0 Å². The Bertz CT molecular complexity index is 865. The van der Waals surface area contributed by atoms with Gasteiger partial charge in [0.15, 0.2) is 0 Å². The Labute approximate surface area is 143 Å². The normalized spacial score (nSPS) is 11.6. The summed E-state index contributed by atoms with van der Waals surface area (Å²) >= 11 is 0. The smallest absolute Gasteiger partial charge is 0.352 e. The summed E-state index contributed by atoms with van der Waals surface area (Å²) in [6.45, 7) is 0. The van der Waals surface area contributed by atoms with Crippen LogP contribution in [0.2, 0.25) is 0 Å². The van der Waals surface area contributed by atoms with E-state index in [1.54, 1.807) is 42.6 Å². The van der Waals surface area contributed by atoms with Crippen molar-refractivity contribution in [2.24, 2.45) is 0 Å².